The molecule has 166 valence electrons. The maximum absolute atomic E-state index is 13.0. The number of amides is 2. The van der Waals surface area contributed by atoms with Crippen molar-refractivity contribution in [1.82, 2.24) is 14.9 Å². The molecule has 2 aliphatic rings. The Bertz CT molecular complexity index is 959. The average molecular weight is 461 g/mol. The van der Waals surface area contributed by atoms with Crippen LogP contribution in [0.1, 0.15) is 13.8 Å². The molecule has 2 saturated heterocycles. The Balaban J connectivity index is 1.50. The number of thioether (sulfide) groups is 1. The molecule has 0 bridgehead atoms. The van der Waals surface area contributed by atoms with Gasteiger partial charge in [0, 0.05) is 31.6 Å². The van der Waals surface area contributed by atoms with E-state index in [2.05, 4.69) is 10.2 Å². The summed E-state index contributed by atoms with van der Waals surface area (Å²) in [7, 11) is 0. The number of hydrogen-bond acceptors (Lipinski definition) is 6. The van der Waals surface area contributed by atoms with Crippen LogP contribution in [0.5, 0.6) is 0 Å². The fourth-order valence-corrected chi connectivity index (χ4v) is 6.07. The molecule has 9 heteroatoms. The van der Waals surface area contributed by atoms with Gasteiger partial charge in [-0.15, -0.1) is 0 Å². The van der Waals surface area contributed by atoms with Crippen LogP contribution in [0.3, 0.4) is 0 Å². The van der Waals surface area contributed by atoms with E-state index in [9.17, 15) is 10.0 Å². The van der Waals surface area contributed by atoms with Crippen LogP contribution in [-0.2, 0) is 4.74 Å². The van der Waals surface area contributed by atoms with Gasteiger partial charge < -0.3 is 15.0 Å². The molecule has 31 heavy (non-hydrogen) atoms. The monoisotopic (exact) mass is 460 g/mol. The number of fused-ring (bicyclic) bond motifs is 1. The topological polar surface area (TPSA) is 68.3 Å². The average Bonchev–Trinajstić information content (AvgIpc) is 3.00. The number of nitrogens with one attached hydrogen (secondary N) is 1. The van der Waals surface area contributed by atoms with Crippen molar-refractivity contribution in [3.8, 4) is 0 Å². The Hall–Kier alpha value is -1.91. The Morgan fingerprint density at radius 1 is 1.23 bits per heavy atom. The van der Waals surface area contributed by atoms with E-state index in [1.807, 2.05) is 61.2 Å². The number of ether oxygens (including phenoxy) is 1. The standard InChI is InChI=1S/C22H28N4O3S2/c1-22(2)19(25(21(30)31-22)11-10-24-12-14-29-15-13-24)26(28)20(27)23-18-9-5-7-16-6-3-4-8-17(16)18/h3-9,19,28H,10-15H2,1-2H3,(H,23,27). The molecule has 0 saturated carbocycles. The zero-order chi connectivity index (χ0) is 22.0. The van der Waals surface area contributed by atoms with E-state index in [0.717, 1.165) is 48.7 Å². The number of morpholine rings is 1. The molecule has 4 rings (SSSR count). The zero-order valence-corrected chi connectivity index (χ0v) is 19.4. The molecule has 1 unspecified atom stereocenters. The molecule has 2 aliphatic heterocycles. The van der Waals surface area contributed by atoms with Gasteiger partial charge in [0.25, 0.3) is 0 Å². The van der Waals surface area contributed by atoms with Gasteiger partial charge >= 0.3 is 6.03 Å². The van der Waals surface area contributed by atoms with Crippen molar-refractivity contribution < 1.29 is 14.7 Å². The van der Waals surface area contributed by atoms with E-state index in [1.165, 1.54) is 11.8 Å². The predicted octanol–water partition coefficient (Wildman–Crippen LogP) is 3.83. The molecule has 7 nitrogen and oxygen atoms in total. The van der Waals surface area contributed by atoms with Crippen molar-refractivity contribution in [2.45, 2.75) is 24.8 Å². The molecule has 0 aliphatic carbocycles. The Labute approximate surface area is 192 Å². The van der Waals surface area contributed by atoms with Crippen molar-refractivity contribution in [2.75, 3.05) is 44.7 Å². The van der Waals surface area contributed by atoms with Gasteiger partial charge in [0.05, 0.1) is 23.6 Å². The van der Waals surface area contributed by atoms with Gasteiger partial charge in [-0.3, -0.25) is 10.1 Å². The third-order valence-corrected chi connectivity index (χ3v) is 7.36. The van der Waals surface area contributed by atoms with Crippen LogP contribution in [-0.4, -0.2) is 80.7 Å². The van der Waals surface area contributed by atoms with Crippen molar-refractivity contribution in [3.63, 3.8) is 0 Å². The van der Waals surface area contributed by atoms with Gasteiger partial charge in [0.15, 0.2) is 0 Å². The summed E-state index contributed by atoms with van der Waals surface area (Å²) in [5, 5.41) is 16.6. The SMILES string of the molecule is CC1(C)SC(=S)N(CCN2CCOCC2)C1N(O)C(=O)Nc1cccc2ccccc12. The van der Waals surface area contributed by atoms with E-state index in [0.29, 0.717) is 16.6 Å². The molecule has 0 aromatic heterocycles. The maximum atomic E-state index is 13.0. The molecule has 0 radical (unpaired) electrons. The lowest BCUT2D eigenvalue weighted by Crippen LogP contribution is -2.56. The highest BCUT2D eigenvalue weighted by molar-refractivity contribution is 8.24. The van der Waals surface area contributed by atoms with Crippen LogP contribution in [0.2, 0.25) is 0 Å². The molecular weight excluding hydrogens is 432 g/mol. The van der Waals surface area contributed by atoms with E-state index in [1.54, 1.807) is 0 Å². The number of urea groups is 1. The summed E-state index contributed by atoms with van der Waals surface area (Å²) < 4.78 is 5.66. The number of benzene rings is 2. The van der Waals surface area contributed by atoms with Gasteiger partial charge in [-0.05, 0) is 25.3 Å². The molecule has 0 spiro atoms. The molecule has 2 heterocycles. The molecule has 2 aromatic rings. The third kappa shape index (κ3) is 4.80. The number of carbonyl (C=O) groups excluding carboxylic acids is 1. The van der Waals surface area contributed by atoms with Crippen LogP contribution in [0.15, 0.2) is 42.5 Å². The summed E-state index contributed by atoms with van der Waals surface area (Å²) in [6.07, 6.45) is -0.569. The first-order chi connectivity index (χ1) is 14.9. The second-order valence-electron chi connectivity index (χ2n) is 8.29. The number of anilines is 1. The number of hydrogen-bond donors (Lipinski definition) is 2. The lowest BCUT2D eigenvalue weighted by atomic mass is 10.1. The van der Waals surface area contributed by atoms with Gasteiger partial charge in [-0.1, -0.05) is 60.4 Å². The Kier molecular flexibility index (Phi) is 6.68. The number of rotatable bonds is 5. The lowest BCUT2D eigenvalue weighted by Gasteiger charge is -2.38. The van der Waals surface area contributed by atoms with E-state index < -0.39 is 16.9 Å². The highest BCUT2D eigenvalue weighted by Gasteiger charge is 2.49. The predicted molar refractivity (Wildman–Crippen MR) is 129 cm³/mol. The van der Waals surface area contributed by atoms with Crippen LogP contribution >= 0.6 is 24.0 Å². The molecule has 2 fully saturated rings. The first-order valence-corrected chi connectivity index (χ1v) is 11.7. The van der Waals surface area contributed by atoms with Gasteiger partial charge in [-0.25, -0.2) is 4.79 Å². The minimum atomic E-state index is -0.573. The Morgan fingerprint density at radius 2 is 1.94 bits per heavy atom. The summed E-state index contributed by atoms with van der Waals surface area (Å²) in [4.78, 5) is 17.3. The largest absolute Gasteiger partial charge is 0.379 e. The van der Waals surface area contributed by atoms with Crippen LogP contribution < -0.4 is 5.32 Å². The summed E-state index contributed by atoms with van der Waals surface area (Å²) in [5.74, 6) is 0. The second-order valence-corrected chi connectivity index (χ2v) is 10.6. The summed E-state index contributed by atoms with van der Waals surface area (Å²) in [5.41, 5.74) is 0.660. The van der Waals surface area contributed by atoms with Gasteiger partial charge in [0.1, 0.15) is 10.5 Å². The lowest BCUT2D eigenvalue weighted by molar-refractivity contribution is -0.115. The fraction of sp³-hybridized carbons (Fsp3) is 0.455. The highest BCUT2D eigenvalue weighted by Crippen LogP contribution is 2.42. The van der Waals surface area contributed by atoms with Crippen LogP contribution in [0.4, 0.5) is 10.5 Å². The highest BCUT2D eigenvalue weighted by atomic mass is 32.2. The van der Waals surface area contributed by atoms with Crippen molar-refractivity contribution >= 4 is 50.8 Å². The fourth-order valence-electron chi connectivity index (χ4n) is 4.14. The number of hydroxylamine groups is 2. The molecule has 2 amide bonds. The van der Waals surface area contributed by atoms with E-state index in [-0.39, 0.29) is 0 Å². The van der Waals surface area contributed by atoms with E-state index in [4.69, 9.17) is 17.0 Å². The molecule has 2 aromatic carbocycles. The molecule has 2 N–H and O–H groups in total. The zero-order valence-electron chi connectivity index (χ0n) is 17.8. The second kappa shape index (κ2) is 9.30. The van der Waals surface area contributed by atoms with Gasteiger partial charge in [-0.2, -0.15) is 5.06 Å². The van der Waals surface area contributed by atoms with E-state index >= 15 is 0 Å². The van der Waals surface area contributed by atoms with Crippen molar-refractivity contribution in [2.24, 2.45) is 0 Å². The van der Waals surface area contributed by atoms with Gasteiger partial charge in [0.2, 0.25) is 0 Å². The van der Waals surface area contributed by atoms with Crippen molar-refractivity contribution in [3.05, 3.63) is 42.5 Å². The van der Waals surface area contributed by atoms with Crippen LogP contribution in [0.25, 0.3) is 10.8 Å². The molecular formula is C22H28N4O3S2. The van der Waals surface area contributed by atoms with Crippen molar-refractivity contribution in [1.29, 1.82) is 0 Å². The minimum absolute atomic E-state index is 0.451. The summed E-state index contributed by atoms with van der Waals surface area (Å²) in [6.45, 7) is 8.66. The number of thiocarbonyl (C=S) groups is 1. The number of nitrogens with zero attached hydrogens (tertiary/aromatic N) is 3. The Morgan fingerprint density at radius 3 is 2.71 bits per heavy atom. The smallest absolute Gasteiger partial charge is 0.347 e. The quantitative estimate of drug-likeness (QED) is 0.399. The first-order valence-electron chi connectivity index (χ1n) is 10.4. The number of carbonyl (C=O) groups is 1. The van der Waals surface area contributed by atoms with Crippen LogP contribution in [0, 0.1) is 0 Å². The molecule has 1 atom stereocenters. The maximum Gasteiger partial charge on any atom is 0.347 e. The third-order valence-electron chi connectivity index (χ3n) is 5.73. The summed E-state index contributed by atoms with van der Waals surface area (Å²) >= 11 is 7.12. The minimum Gasteiger partial charge on any atom is -0.379 e. The normalized spacial score (nSPS) is 21.5. The summed E-state index contributed by atoms with van der Waals surface area (Å²) in [6, 6.07) is 13.0. The first kappa shape index (κ1) is 22.3.